The highest BCUT2D eigenvalue weighted by atomic mass is 79.9. The van der Waals surface area contributed by atoms with Crippen LogP contribution in [-0.2, 0) is 4.79 Å². The SMILES string of the molecule is Cc1ccc(OC(C)C(=O)Nc2ncn[nH]2)c(Br)c1. The zero-order valence-electron chi connectivity index (χ0n) is 10.5. The number of hydrogen-bond acceptors (Lipinski definition) is 4. The first-order valence-electron chi connectivity index (χ1n) is 5.65. The second-order valence-electron chi connectivity index (χ2n) is 4.02. The molecule has 0 fully saturated rings. The van der Waals surface area contributed by atoms with Gasteiger partial charge in [-0.15, -0.1) is 0 Å². The lowest BCUT2D eigenvalue weighted by molar-refractivity contribution is -0.122. The number of carbonyl (C=O) groups excluding carboxylic acids is 1. The van der Waals surface area contributed by atoms with Crippen molar-refractivity contribution in [2.45, 2.75) is 20.0 Å². The first-order chi connectivity index (χ1) is 9.06. The standard InChI is InChI=1S/C12H13BrN4O2/c1-7-3-4-10(9(13)5-7)19-8(2)11(18)16-12-14-6-15-17-12/h3-6,8H,1-2H3,(H2,14,15,16,17,18). The normalized spacial score (nSPS) is 11.9. The van der Waals surface area contributed by atoms with Crippen LogP contribution in [0.15, 0.2) is 29.0 Å². The average Bonchev–Trinajstić information content (AvgIpc) is 2.85. The molecule has 0 saturated carbocycles. The molecule has 1 atom stereocenters. The van der Waals surface area contributed by atoms with E-state index in [9.17, 15) is 4.79 Å². The second kappa shape index (κ2) is 5.83. The Bertz CT molecular complexity index is 571. The van der Waals surface area contributed by atoms with Gasteiger partial charge in [-0.3, -0.25) is 10.1 Å². The minimum absolute atomic E-state index is 0.295. The number of benzene rings is 1. The molecule has 100 valence electrons. The van der Waals surface area contributed by atoms with E-state index in [1.165, 1.54) is 6.33 Å². The van der Waals surface area contributed by atoms with Crippen LogP contribution in [0, 0.1) is 6.92 Å². The number of amides is 1. The van der Waals surface area contributed by atoms with Crippen LogP contribution in [0.4, 0.5) is 5.95 Å². The lowest BCUT2D eigenvalue weighted by Crippen LogP contribution is -2.30. The van der Waals surface area contributed by atoms with Crippen LogP contribution >= 0.6 is 15.9 Å². The first kappa shape index (κ1) is 13.5. The monoisotopic (exact) mass is 324 g/mol. The highest BCUT2D eigenvalue weighted by molar-refractivity contribution is 9.10. The number of nitrogens with one attached hydrogen (secondary N) is 2. The Morgan fingerprint density at radius 3 is 2.95 bits per heavy atom. The number of nitrogens with zero attached hydrogens (tertiary/aromatic N) is 2. The number of rotatable bonds is 4. The Morgan fingerprint density at radius 2 is 2.32 bits per heavy atom. The van der Waals surface area contributed by atoms with E-state index in [-0.39, 0.29) is 5.91 Å². The number of anilines is 1. The van der Waals surface area contributed by atoms with Crippen molar-refractivity contribution in [1.29, 1.82) is 0 Å². The zero-order valence-corrected chi connectivity index (χ0v) is 12.1. The zero-order chi connectivity index (χ0) is 13.8. The fourth-order valence-corrected chi connectivity index (χ4v) is 2.02. The average molecular weight is 325 g/mol. The van der Waals surface area contributed by atoms with Gasteiger partial charge in [0, 0.05) is 0 Å². The van der Waals surface area contributed by atoms with Crippen LogP contribution in [-0.4, -0.2) is 27.2 Å². The topological polar surface area (TPSA) is 79.9 Å². The van der Waals surface area contributed by atoms with Crippen molar-refractivity contribution in [3.05, 3.63) is 34.6 Å². The summed E-state index contributed by atoms with van der Waals surface area (Å²) in [5.74, 6) is 0.610. The summed E-state index contributed by atoms with van der Waals surface area (Å²) >= 11 is 3.40. The molecule has 1 amide bonds. The second-order valence-corrected chi connectivity index (χ2v) is 4.87. The molecule has 1 aromatic heterocycles. The largest absolute Gasteiger partial charge is 0.480 e. The predicted octanol–water partition coefficient (Wildman–Crippen LogP) is 2.28. The molecule has 6 nitrogen and oxygen atoms in total. The van der Waals surface area contributed by atoms with E-state index in [2.05, 4.69) is 36.4 Å². The molecule has 0 aliphatic heterocycles. The summed E-state index contributed by atoms with van der Waals surface area (Å²) in [4.78, 5) is 15.7. The van der Waals surface area contributed by atoms with Gasteiger partial charge in [-0.2, -0.15) is 10.1 Å². The van der Waals surface area contributed by atoms with Crippen molar-refractivity contribution in [3.63, 3.8) is 0 Å². The molecule has 0 bridgehead atoms. The van der Waals surface area contributed by atoms with Crippen LogP contribution in [0.2, 0.25) is 0 Å². The third-order valence-electron chi connectivity index (χ3n) is 2.42. The fourth-order valence-electron chi connectivity index (χ4n) is 1.43. The molecule has 0 radical (unpaired) electrons. The van der Waals surface area contributed by atoms with Gasteiger partial charge in [0.05, 0.1) is 4.47 Å². The molecule has 2 N–H and O–H groups in total. The summed E-state index contributed by atoms with van der Waals surface area (Å²) in [5.41, 5.74) is 1.11. The molecule has 2 aromatic rings. The van der Waals surface area contributed by atoms with Crippen LogP contribution in [0.1, 0.15) is 12.5 Å². The molecule has 0 aliphatic carbocycles. The number of halogens is 1. The summed E-state index contributed by atoms with van der Waals surface area (Å²) in [6.45, 7) is 3.65. The number of H-pyrrole nitrogens is 1. The number of hydrogen-bond donors (Lipinski definition) is 2. The van der Waals surface area contributed by atoms with Gasteiger partial charge in [0.15, 0.2) is 6.10 Å². The smallest absolute Gasteiger partial charge is 0.267 e. The predicted molar refractivity (Wildman–Crippen MR) is 74.0 cm³/mol. The van der Waals surface area contributed by atoms with Crippen molar-refractivity contribution >= 4 is 27.8 Å². The molecule has 7 heteroatoms. The molecule has 2 rings (SSSR count). The van der Waals surface area contributed by atoms with Gasteiger partial charge in [0.25, 0.3) is 5.91 Å². The molecular formula is C12H13BrN4O2. The van der Waals surface area contributed by atoms with E-state index in [0.29, 0.717) is 11.7 Å². The van der Waals surface area contributed by atoms with Gasteiger partial charge in [0.2, 0.25) is 5.95 Å². The molecule has 1 heterocycles. The van der Waals surface area contributed by atoms with E-state index in [0.717, 1.165) is 10.0 Å². The van der Waals surface area contributed by atoms with Crippen molar-refractivity contribution < 1.29 is 9.53 Å². The van der Waals surface area contributed by atoms with E-state index in [4.69, 9.17) is 4.74 Å². The summed E-state index contributed by atoms with van der Waals surface area (Å²) in [6, 6.07) is 5.66. The number of ether oxygens (including phenoxy) is 1. The Kier molecular flexibility index (Phi) is 4.16. The highest BCUT2D eigenvalue weighted by Gasteiger charge is 2.17. The van der Waals surface area contributed by atoms with Crippen molar-refractivity contribution in [2.75, 3.05) is 5.32 Å². The maximum atomic E-state index is 11.9. The summed E-state index contributed by atoms with van der Waals surface area (Å²) in [6.07, 6.45) is 0.668. The third-order valence-corrected chi connectivity index (χ3v) is 3.04. The van der Waals surface area contributed by atoms with Gasteiger partial charge in [-0.25, -0.2) is 5.10 Å². The van der Waals surface area contributed by atoms with Crippen LogP contribution in [0.25, 0.3) is 0 Å². The van der Waals surface area contributed by atoms with Gasteiger partial charge in [-0.1, -0.05) is 6.07 Å². The Labute approximate surface area is 118 Å². The van der Waals surface area contributed by atoms with Crippen LogP contribution < -0.4 is 10.1 Å². The lowest BCUT2D eigenvalue weighted by atomic mass is 10.2. The van der Waals surface area contributed by atoms with Gasteiger partial charge in [0.1, 0.15) is 12.1 Å². The molecule has 0 saturated heterocycles. The molecule has 0 spiro atoms. The quantitative estimate of drug-likeness (QED) is 0.904. The van der Waals surface area contributed by atoms with Crippen LogP contribution in [0.3, 0.4) is 0 Å². The Balaban J connectivity index is 2.00. The highest BCUT2D eigenvalue weighted by Crippen LogP contribution is 2.26. The van der Waals surface area contributed by atoms with E-state index < -0.39 is 6.10 Å². The number of aromatic nitrogens is 3. The minimum atomic E-state index is -0.649. The van der Waals surface area contributed by atoms with Crippen molar-refractivity contribution in [3.8, 4) is 5.75 Å². The molecule has 1 aromatic carbocycles. The van der Waals surface area contributed by atoms with Crippen molar-refractivity contribution in [1.82, 2.24) is 15.2 Å². The lowest BCUT2D eigenvalue weighted by Gasteiger charge is -2.15. The van der Waals surface area contributed by atoms with E-state index >= 15 is 0 Å². The van der Waals surface area contributed by atoms with Crippen LogP contribution in [0.5, 0.6) is 5.75 Å². The summed E-state index contributed by atoms with van der Waals surface area (Å²) in [5, 5.41) is 8.76. The summed E-state index contributed by atoms with van der Waals surface area (Å²) < 4.78 is 6.40. The number of aromatic amines is 1. The Morgan fingerprint density at radius 1 is 1.53 bits per heavy atom. The van der Waals surface area contributed by atoms with Gasteiger partial charge < -0.3 is 4.74 Å². The molecule has 0 aliphatic rings. The van der Waals surface area contributed by atoms with E-state index in [1.54, 1.807) is 6.92 Å². The number of aryl methyl sites for hydroxylation is 1. The Hall–Kier alpha value is -1.89. The maximum absolute atomic E-state index is 11.9. The number of carbonyl (C=O) groups is 1. The minimum Gasteiger partial charge on any atom is -0.480 e. The maximum Gasteiger partial charge on any atom is 0.267 e. The third kappa shape index (κ3) is 3.54. The van der Waals surface area contributed by atoms with Gasteiger partial charge >= 0.3 is 0 Å². The molecule has 19 heavy (non-hydrogen) atoms. The van der Waals surface area contributed by atoms with Crippen molar-refractivity contribution in [2.24, 2.45) is 0 Å². The molecule has 1 unspecified atom stereocenters. The van der Waals surface area contributed by atoms with E-state index in [1.807, 2.05) is 25.1 Å². The summed E-state index contributed by atoms with van der Waals surface area (Å²) in [7, 11) is 0. The van der Waals surface area contributed by atoms with Gasteiger partial charge in [-0.05, 0) is 47.5 Å². The fraction of sp³-hybridized carbons (Fsp3) is 0.250. The molecular weight excluding hydrogens is 312 g/mol. The first-order valence-corrected chi connectivity index (χ1v) is 6.44.